The summed E-state index contributed by atoms with van der Waals surface area (Å²) in [6.45, 7) is 2.74. The van der Waals surface area contributed by atoms with Gasteiger partial charge in [-0.15, -0.1) is 0 Å². The molecule has 1 saturated heterocycles. The number of likely N-dealkylation sites (tertiary alicyclic amines) is 1. The second-order valence-electron chi connectivity index (χ2n) is 3.85. The Bertz CT molecular complexity index is 400. The Morgan fingerprint density at radius 1 is 1.53 bits per heavy atom. The molecule has 1 aromatic rings. The molecule has 0 atom stereocenters. The van der Waals surface area contributed by atoms with Crippen LogP contribution in [0.2, 0.25) is 5.02 Å². The number of hydrogen-bond donors (Lipinski definition) is 1. The summed E-state index contributed by atoms with van der Waals surface area (Å²) in [5.41, 5.74) is 1.54. The molecule has 1 aliphatic rings. The third kappa shape index (κ3) is 1.98. The minimum Gasteiger partial charge on any atom is -0.389 e. The van der Waals surface area contributed by atoms with Crippen LogP contribution in [0.15, 0.2) is 18.2 Å². The summed E-state index contributed by atoms with van der Waals surface area (Å²) in [4.78, 5) is 13.4. The number of aryl methyl sites for hydroxylation is 1. The molecule has 0 unspecified atom stereocenters. The van der Waals surface area contributed by atoms with Gasteiger partial charge in [-0.25, -0.2) is 0 Å². The number of rotatable bonds is 1. The molecule has 0 aliphatic carbocycles. The predicted molar refractivity (Wildman–Crippen MR) is 58.1 cm³/mol. The molecule has 2 rings (SSSR count). The van der Waals surface area contributed by atoms with Crippen molar-refractivity contribution in [2.24, 2.45) is 0 Å². The number of aliphatic hydroxyl groups excluding tert-OH is 1. The van der Waals surface area contributed by atoms with Crippen molar-refractivity contribution in [1.29, 1.82) is 0 Å². The highest BCUT2D eigenvalue weighted by Crippen LogP contribution is 2.21. The van der Waals surface area contributed by atoms with Crippen LogP contribution in [0.4, 0.5) is 0 Å². The summed E-state index contributed by atoms with van der Waals surface area (Å²) >= 11 is 5.98. The van der Waals surface area contributed by atoms with Gasteiger partial charge in [0.25, 0.3) is 5.91 Å². The fourth-order valence-corrected chi connectivity index (χ4v) is 1.90. The fourth-order valence-electron chi connectivity index (χ4n) is 1.59. The van der Waals surface area contributed by atoms with Crippen molar-refractivity contribution in [2.75, 3.05) is 13.1 Å². The van der Waals surface area contributed by atoms with Crippen LogP contribution < -0.4 is 0 Å². The van der Waals surface area contributed by atoms with Gasteiger partial charge in [-0.2, -0.15) is 0 Å². The van der Waals surface area contributed by atoms with Crippen LogP contribution in [-0.4, -0.2) is 35.1 Å². The van der Waals surface area contributed by atoms with Crippen molar-refractivity contribution in [3.05, 3.63) is 34.3 Å². The van der Waals surface area contributed by atoms with Gasteiger partial charge in [0.15, 0.2) is 0 Å². The summed E-state index contributed by atoms with van der Waals surface area (Å²) in [6.07, 6.45) is -0.377. The van der Waals surface area contributed by atoms with Crippen LogP contribution in [0.25, 0.3) is 0 Å². The zero-order valence-electron chi connectivity index (χ0n) is 8.40. The van der Waals surface area contributed by atoms with E-state index in [9.17, 15) is 4.79 Å². The Hall–Kier alpha value is -1.06. The number of halogens is 1. The highest BCUT2D eigenvalue weighted by atomic mass is 35.5. The number of carbonyl (C=O) groups is 1. The molecule has 4 heteroatoms. The summed E-state index contributed by atoms with van der Waals surface area (Å²) in [5.74, 6) is -0.106. The minimum atomic E-state index is -0.377. The zero-order chi connectivity index (χ0) is 11.0. The normalized spacial score (nSPS) is 16.3. The smallest absolute Gasteiger partial charge is 0.255 e. The maximum Gasteiger partial charge on any atom is 0.255 e. The Balaban J connectivity index is 2.19. The molecule has 1 aliphatic heterocycles. The third-order valence-electron chi connectivity index (χ3n) is 2.50. The molecule has 1 N–H and O–H groups in total. The Morgan fingerprint density at radius 2 is 2.20 bits per heavy atom. The van der Waals surface area contributed by atoms with E-state index in [1.165, 1.54) is 0 Å². The monoisotopic (exact) mass is 225 g/mol. The summed E-state index contributed by atoms with van der Waals surface area (Å²) < 4.78 is 0. The molecule has 15 heavy (non-hydrogen) atoms. The van der Waals surface area contributed by atoms with Crippen molar-refractivity contribution in [3.8, 4) is 0 Å². The molecule has 80 valence electrons. The van der Waals surface area contributed by atoms with E-state index in [0.717, 1.165) is 5.56 Å². The lowest BCUT2D eigenvalue weighted by atomic mass is 10.1. The average molecular weight is 226 g/mol. The van der Waals surface area contributed by atoms with Gasteiger partial charge >= 0.3 is 0 Å². The first kappa shape index (κ1) is 10.5. The molecule has 0 saturated carbocycles. The van der Waals surface area contributed by atoms with Crippen molar-refractivity contribution in [1.82, 2.24) is 4.90 Å². The van der Waals surface area contributed by atoms with E-state index < -0.39 is 0 Å². The van der Waals surface area contributed by atoms with Crippen LogP contribution in [0, 0.1) is 6.92 Å². The number of aliphatic hydroxyl groups is 1. The summed E-state index contributed by atoms with van der Waals surface area (Å²) in [6, 6.07) is 5.35. The lowest BCUT2D eigenvalue weighted by Gasteiger charge is -2.36. The number of hydrogen-bond acceptors (Lipinski definition) is 2. The van der Waals surface area contributed by atoms with Crippen LogP contribution in [0.3, 0.4) is 0 Å². The van der Waals surface area contributed by atoms with E-state index in [0.29, 0.717) is 23.7 Å². The second kappa shape index (κ2) is 3.83. The number of benzene rings is 1. The van der Waals surface area contributed by atoms with Crippen LogP contribution >= 0.6 is 11.6 Å². The molecule has 0 spiro atoms. The predicted octanol–water partition coefficient (Wildman–Crippen LogP) is 1.47. The van der Waals surface area contributed by atoms with Crippen molar-refractivity contribution >= 4 is 17.5 Å². The van der Waals surface area contributed by atoms with Crippen LogP contribution in [0.1, 0.15) is 15.9 Å². The molecule has 1 amide bonds. The number of β-amino-alcohol motifs (C(OH)–C–C–N with tert-alkyl or cyclic N) is 1. The molecular weight excluding hydrogens is 214 g/mol. The van der Waals surface area contributed by atoms with Gasteiger partial charge in [-0.3, -0.25) is 4.79 Å². The lowest BCUT2D eigenvalue weighted by Crippen LogP contribution is -2.53. The molecule has 0 aromatic heterocycles. The van der Waals surface area contributed by atoms with Gasteiger partial charge in [0.1, 0.15) is 0 Å². The van der Waals surface area contributed by atoms with Crippen LogP contribution in [-0.2, 0) is 0 Å². The largest absolute Gasteiger partial charge is 0.389 e. The van der Waals surface area contributed by atoms with Gasteiger partial charge in [-0.05, 0) is 24.6 Å². The van der Waals surface area contributed by atoms with E-state index in [4.69, 9.17) is 16.7 Å². The molecule has 0 radical (unpaired) electrons. The van der Waals surface area contributed by atoms with E-state index in [-0.39, 0.29) is 12.0 Å². The van der Waals surface area contributed by atoms with Crippen LogP contribution in [0.5, 0.6) is 0 Å². The van der Waals surface area contributed by atoms with Crippen molar-refractivity contribution < 1.29 is 9.90 Å². The quantitative estimate of drug-likeness (QED) is 0.786. The summed E-state index contributed by atoms with van der Waals surface area (Å²) in [5, 5.41) is 9.57. The van der Waals surface area contributed by atoms with Gasteiger partial charge < -0.3 is 10.0 Å². The van der Waals surface area contributed by atoms with E-state index in [1.807, 2.05) is 13.0 Å². The fraction of sp³-hybridized carbons (Fsp3) is 0.364. The molecule has 0 bridgehead atoms. The Labute approximate surface area is 93.3 Å². The number of carbonyl (C=O) groups excluding carboxylic acids is 1. The lowest BCUT2D eigenvalue weighted by molar-refractivity contribution is 0.00590. The maximum absolute atomic E-state index is 11.8. The highest BCUT2D eigenvalue weighted by molar-refractivity contribution is 6.33. The average Bonchev–Trinajstić information content (AvgIpc) is 2.12. The maximum atomic E-state index is 11.8. The first-order valence-corrected chi connectivity index (χ1v) is 5.19. The second-order valence-corrected chi connectivity index (χ2v) is 4.25. The molecule has 3 nitrogen and oxygen atoms in total. The van der Waals surface area contributed by atoms with Gasteiger partial charge in [0.05, 0.1) is 16.7 Å². The van der Waals surface area contributed by atoms with Crippen molar-refractivity contribution in [2.45, 2.75) is 13.0 Å². The van der Waals surface area contributed by atoms with E-state index in [1.54, 1.807) is 17.0 Å². The minimum absolute atomic E-state index is 0.106. The molecule has 1 fully saturated rings. The molecular formula is C11H12ClNO2. The standard InChI is InChI=1S/C11H12ClNO2/c1-7-2-3-9(10(12)4-7)11(15)13-5-8(14)6-13/h2-4,8,14H,5-6H2,1H3. The van der Waals surface area contributed by atoms with E-state index in [2.05, 4.69) is 0 Å². The SMILES string of the molecule is Cc1ccc(C(=O)N2CC(O)C2)c(Cl)c1. The van der Waals surface area contributed by atoms with Gasteiger partial charge in [0, 0.05) is 13.1 Å². The molecule has 1 heterocycles. The topological polar surface area (TPSA) is 40.5 Å². The summed E-state index contributed by atoms with van der Waals surface area (Å²) in [7, 11) is 0. The third-order valence-corrected chi connectivity index (χ3v) is 2.82. The van der Waals surface area contributed by atoms with Gasteiger partial charge in [0.2, 0.25) is 0 Å². The van der Waals surface area contributed by atoms with Gasteiger partial charge in [-0.1, -0.05) is 17.7 Å². The number of amides is 1. The Morgan fingerprint density at radius 3 is 2.73 bits per heavy atom. The first-order chi connectivity index (χ1) is 7.08. The highest BCUT2D eigenvalue weighted by Gasteiger charge is 2.30. The van der Waals surface area contributed by atoms with Crippen molar-refractivity contribution in [3.63, 3.8) is 0 Å². The van der Waals surface area contributed by atoms with E-state index >= 15 is 0 Å². The number of nitrogens with zero attached hydrogens (tertiary/aromatic N) is 1. The Kier molecular flexibility index (Phi) is 2.67. The zero-order valence-corrected chi connectivity index (χ0v) is 9.16. The first-order valence-electron chi connectivity index (χ1n) is 4.81. The molecule has 1 aromatic carbocycles.